The van der Waals surface area contributed by atoms with Crippen LogP contribution in [0.15, 0.2) is 18.3 Å². The number of nitrogens with zero attached hydrogens (tertiary/aromatic N) is 2. The Morgan fingerprint density at radius 1 is 0.944 bits per heavy atom. The van der Waals surface area contributed by atoms with Crippen LogP contribution >= 0.6 is 0 Å². The quantitative estimate of drug-likeness (QED) is 0.809. The first-order valence-electron chi connectivity index (χ1n) is 5.99. The Hall–Kier alpha value is -1.90. The normalized spacial score (nSPS) is 10.5. The molecule has 1 heterocycles. The molecule has 0 aliphatic rings. The molecule has 94 valence electrons. The van der Waals surface area contributed by atoms with E-state index < -0.39 is 0 Å². The molecule has 1 aromatic carbocycles. The highest BCUT2D eigenvalue weighted by atomic mass is 16.5. The van der Waals surface area contributed by atoms with Crippen molar-refractivity contribution in [3.63, 3.8) is 0 Å². The third kappa shape index (κ3) is 2.08. The minimum absolute atomic E-state index is 0.942. The Morgan fingerprint density at radius 2 is 1.56 bits per heavy atom. The minimum atomic E-state index is 0.942. The monoisotopic (exact) mass is 242 g/mol. The molecule has 2 rings (SSSR count). The Balaban J connectivity index is 2.62. The lowest BCUT2D eigenvalue weighted by Crippen LogP contribution is -1.97. The summed E-state index contributed by atoms with van der Waals surface area (Å²) in [5.41, 5.74) is 6.62. The van der Waals surface area contributed by atoms with E-state index in [1.165, 1.54) is 5.56 Å². The van der Waals surface area contributed by atoms with Crippen molar-refractivity contribution in [2.24, 2.45) is 0 Å². The summed E-state index contributed by atoms with van der Waals surface area (Å²) in [4.78, 5) is 0. The first kappa shape index (κ1) is 12.6. The lowest BCUT2D eigenvalue weighted by atomic mass is 9.99. The standard InChI is InChI=1S/C15H18N2O/c1-9-6-13(7-10(2)15(9)18-5)14-12(4)11(3)8-16-17-14/h6-8H,1-5H3. The molecular weight excluding hydrogens is 224 g/mol. The van der Waals surface area contributed by atoms with E-state index in [1.807, 2.05) is 13.8 Å². The fourth-order valence-electron chi connectivity index (χ4n) is 2.21. The smallest absolute Gasteiger partial charge is 0.124 e. The van der Waals surface area contributed by atoms with E-state index in [0.717, 1.165) is 33.7 Å². The zero-order chi connectivity index (χ0) is 13.3. The summed E-state index contributed by atoms with van der Waals surface area (Å²) in [5.74, 6) is 0.942. The third-order valence-electron chi connectivity index (χ3n) is 3.29. The zero-order valence-corrected chi connectivity index (χ0v) is 11.5. The summed E-state index contributed by atoms with van der Waals surface area (Å²) < 4.78 is 5.38. The number of rotatable bonds is 2. The van der Waals surface area contributed by atoms with Gasteiger partial charge >= 0.3 is 0 Å². The van der Waals surface area contributed by atoms with E-state index in [0.29, 0.717) is 0 Å². The Morgan fingerprint density at radius 3 is 2.11 bits per heavy atom. The van der Waals surface area contributed by atoms with Crippen molar-refractivity contribution in [2.75, 3.05) is 7.11 Å². The van der Waals surface area contributed by atoms with Crippen LogP contribution in [0.3, 0.4) is 0 Å². The maximum atomic E-state index is 5.38. The number of hydrogen-bond donors (Lipinski definition) is 0. The van der Waals surface area contributed by atoms with Crippen LogP contribution in [-0.4, -0.2) is 17.3 Å². The lowest BCUT2D eigenvalue weighted by molar-refractivity contribution is 0.408. The van der Waals surface area contributed by atoms with Gasteiger partial charge in [0, 0.05) is 5.56 Å². The molecule has 1 aromatic heterocycles. The van der Waals surface area contributed by atoms with E-state index in [4.69, 9.17) is 4.74 Å². The van der Waals surface area contributed by atoms with Gasteiger partial charge in [-0.15, -0.1) is 0 Å². The predicted molar refractivity (Wildman–Crippen MR) is 73.0 cm³/mol. The molecule has 0 fully saturated rings. The van der Waals surface area contributed by atoms with E-state index in [9.17, 15) is 0 Å². The van der Waals surface area contributed by atoms with Gasteiger partial charge in [-0.05, 0) is 62.1 Å². The topological polar surface area (TPSA) is 35.0 Å². The van der Waals surface area contributed by atoms with Crippen LogP contribution in [0.4, 0.5) is 0 Å². The average molecular weight is 242 g/mol. The first-order valence-corrected chi connectivity index (χ1v) is 5.99. The first-order chi connectivity index (χ1) is 8.54. The van der Waals surface area contributed by atoms with Gasteiger partial charge in [0.05, 0.1) is 19.0 Å². The van der Waals surface area contributed by atoms with Gasteiger partial charge in [-0.2, -0.15) is 10.2 Å². The molecule has 0 bridgehead atoms. The summed E-state index contributed by atoms with van der Waals surface area (Å²) >= 11 is 0. The van der Waals surface area contributed by atoms with Crippen LogP contribution in [0.2, 0.25) is 0 Å². The van der Waals surface area contributed by atoms with Gasteiger partial charge in [0.1, 0.15) is 5.75 Å². The van der Waals surface area contributed by atoms with Crippen molar-refractivity contribution in [3.8, 4) is 17.0 Å². The summed E-state index contributed by atoms with van der Waals surface area (Å²) in [6.45, 7) is 8.23. The van der Waals surface area contributed by atoms with Crippen LogP contribution in [-0.2, 0) is 0 Å². The Kier molecular flexibility index (Phi) is 3.32. The molecule has 0 amide bonds. The van der Waals surface area contributed by atoms with E-state index >= 15 is 0 Å². The van der Waals surface area contributed by atoms with E-state index in [-0.39, 0.29) is 0 Å². The average Bonchev–Trinajstić information content (AvgIpc) is 2.32. The highest BCUT2D eigenvalue weighted by Gasteiger charge is 2.11. The third-order valence-corrected chi connectivity index (χ3v) is 3.29. The van der Waals surface area contributed by atoms with Gasteiger partial charge < -0.3 is 4.74 Å². The number of hydrogen-bond acceptors (Lipinski definition) is 3. The molecular formula is C15H18N2O. The second-order valence-electron chi connectivity index (χ2n) is 4.64. The van der Waals surface area contributed by atoms with E-state index in [2.05, 4.69) is 36.2 Å². The molecule has 0 N–H and O–H groups in total. The van der Waals surface area contributed by atoms with Crippen molar-refractivity contribution >= 4 is 0 Å². The van der Waals surface area contributed by atoms with Crippen molar-refractivity contribution in [1.29, 1.82) is 0 Å². The second-order valence-corrected chi connectivity index (χ2v) is 4.64. The fourth-order valence-corrected chi connectivity index (χ4v) is 2.21. The van der Waals surface area contributed by atoms with Gasteiger partial charge in [0.15, 0.2) is 0 Å². The summed E-state index contributed by atoms with van der Waals surface area (Å²) in [7, 11) is 1.70. The second kappa shape index (κ2) is 4.77. The molecule has 3 heteroatoms. The Bertz CT molecular complexity index is 568. The molecule has 2 aromatic rings. The summed E-state index contributed by atoms with van der Waals surface area (Å²) in [6.07, 6.45) is 1.79. The summed E-state index contributed by atoms with van der Waals surface area (Å²) in [6, 6.07) is 4.20. The van der Waals surface area contributed by atoms with Crippen molar-refractivity contribution in [3.05, 3.63) is 40.6 Å². The summed E-state index contributed by atoms with van der Waals surface area (Å²) in [5, 5.41) is 8.30. The van der Waals surface area contributed by atoms with Crippen LogP contribution < -0.4 is 4.74 Å². The number of benzene rings is 1. The molecule has 0 unspecified atom stereocenters. The number of ether oxygens (including phenoxy) is 1. The van der Waals surface area contributed by atoms with Crippen LogP contribution in [0.1, 0.15) is 22.3 Å². The minimum Gasteiger partial charge on any atom is -0.496 e. The maximum Gasteiger partial charge on any atom is 0.124 e. The molecule has 0 spiro atoms. The molecule has 0 aliphatic carbocycles. The molecule has 0 atom stereocenters. The molecule has 0 saturated heterocycles. The number of aryl methyl sites for hydroxylation is 3. The molecule has 0 aliphatic heterocycles. The number of methoxy groups -OCH3 is 1. The molecule has 0 radical (unpaired) electrons. The molecule has 3 nitrogen and oxygen atoms in total. The van der Waals surface area contributed by atoms with Crippen LogP contribution in [0, 0.1) is 27.7 Å². The van der Waals surface area contributed by atoms with Gasteiger partial charge in [0.2, 0.25) is 0 Å². The highest BCUT2D eigenvalue weighted by Crippen LogP contribution is 2.30. The SMILES string of the molecule is COc1c(C)cc(-c2nncc(C)c2C)cc1C. The van der Waals surface area contributed by atoms with Gasteiger partial charge in [0.25, 0.3) is 0 Å². The maximum absolute atomic E-state index is 5.38. The van der Waals surface area contributed by atoms with Crippen molar-refractivity contribution in [1.82, 2.24) is 10.2 Å². The predicted octanol–water partition coefficient (Wildman–Crippen LogP) is 3.39. The zero-order valence-electron chi connectivity index (χ0n) is 11.5. The largest absolute Gasteiger partial charge is 0.496 e. The fraction of sp³-hybridized carbons (Fsp3) is 0.333. The highest BCUT2D eigenvalue weighted by molar-refractivity contribution is 5.67. The van der Waals surface area contributed by atoms with Gasteiger partial charge in [-0.25, -0.2) is 0 Å². The van der Waals surface area contributed by atoms with Crippen LogP contribution in [0.25, 0.3) is 11.3 Å². The molecule has 18 heavy (non-hydrogen) atoms. The van der Waals surface area contributed by atoms with Gasteiger partial charge in [-0.3, -0.25) is 0 Å². The lowest BCUT2D eigenvalue weighted by Gasteiger charge is -2.12. The molecule has 0 saturated carbocycles. The van der Waals surface area contributed by atoms with Gasteiger partial charge in [-0.1, -0.05) is 0 Å². The Labute approximate surface area is 108 Å². The van der Waals surface area contributed by atoms with Crippen molar-refractivity contribution < 1.29 is 4.74 Å². The van der Waals surface area contributed by atoms with Crippen molar-refractivity contribution in [2.45, 2.75) is 27.7 Å². The number of aromatic nitrogens is 2. The van der Waals surface area contributed by atoms with Crippen LogP contribution in [0.5, 0.6) is 5.75 Å². The van der Waals surface area contributed by atoms with E-state index in [1.54, 1.807) is 13.3 Å².